The second kappa shape index (κ2) is 5.87. The number of halogens is 1. The summed E-state index contributed by atoms with van der Waals surface area (Å²) in [5.74, 6) is 1.14. The maximum Gasteiger partial charge on any atom is 0.258 e. The maximum absolute atomic E-state index is 5.54. The van der Waals surface area contributed by atoms with E-state index in [1.165, 1.54) is 5.56 Å². The lowest BCUT2D eigenvalue weighted by molar-refractivity contribution is 0.432. The van der Waals surface area contributed by atoms with Crippen molar-refractivity contribution in [3.05, 3.63) is 45.7 Å². The van der Waals surface area contributed by atoms with Crippen LogP contribution < -0.4 is 5.73 Å². The van der Waals surface area contributed by atoms with E-state index in [9.17, 15) is 0 Å². The predicted molar refractivity (Wildman–Crippen MR) is 83.5 cm³/mol. The Balaban J connectivity index is 1.86. The van der Waals surface area contributed by atoms with Crippen LogP contribution in [0.1, 0.15) is 5.56 Å². The first-order valence-electron chi connectivity index (χ1n) is 6.15. The van der Waals surface area contributed by atoms with E-state index in [2.05, 4.69) is 26.1 Å². The molecule has 20 heavy (non-hydrogen) atoms. The molecule has 0 saturated carbocycles. The van der Waals surface area contributed by atoms with Crippen molar-refractivity contribution in [2.45, 2.75) is 6.42 Å². The minimum atomic E-state index is 0.531. The largest absolute Gasteiger partial charge is 0.334 e. The molecule has 0 bridgehead atoms. The summed E-state index contributed by atoms with van der Waals surface area (Å²) in [5, 5.41) is 4.02. The van der Waals surface area contributed by atoms with Gasteiger partial charge in [0.1, 0.15) is 0 Å². The second-order valence-corrected chi connectivity index (χ2v) is 6.73. The summed E-state index contributed by atoms with van der Waals surface area (Å²) in [4.78, 5) is 5.41. The zero-order valence-corrected chi connectivity index (χ0v) is 12.9. The fraction of sp³-hybridized carbons (Fsp3) is 0.143. The number of nitrogens with two attached hydrogens (primary N) is 1. The number of nitrogens with zero attached hydrogens (tertiary/aromatic N) is 2. The molecular weight excluding hydrogens is 338 g/mol. The molecule has 0 aliphatic heterocycles. The Morgan fingerprint density at radius 3 is 2.60 bits per heavy atom. The van der Waals surface area contributed by atoms with Crippen molar-refractivity contribution in [3.63, 3.8) is 0 Å². The Kier molecular flexibility index (Phi) is 3.95. The minimum absolute atomic E-state index is 0.531. The van der Waals surface area contributed by atoms with Crippen molar-refractivity contribution in [3.8, 4) is 22.2 Å². The van der Waals surface area contributed by atoms with Gasteiger partial charge in [-0.3, -0.25) is 0 Å². The SMILES string of the molecule is NCCc1ccc(-c2nc(-c3ccc(Br)s3)no2)cc1. The lowest BCUT2D eigenvalue weighted by atomic mass is 10.1. The summed E-state index contributed by atoms with van der Waals surface area (Å²) >= 11 is 5.00. The molecule has 2 heterocycles. The molecule has 0 amide bonds. The first kappa shape index (κ1) is 13.5. The molecule has 3 rings (SSSR count). The molecule has 2 aromatic heterocycles. The Morgan fingerprint density at radius 1 is 1.15 bits per heavy atom. The third-order valence-corrected chi connectivity index (χ3v) is 4.47. The Bertz CT molecular complexity index is 705. The van der Waals surface area contributed by atoms with Crippen LogP contribution in [0.3, 0.4) is 0 Å². The standard InChI is InChI=1S/C14H12BrN3OS/c15-12-6-5-11(20-12)13-17-14(19-18-13)10-3-1-9(2-4-10)7-8-16/h1-6H,7-8,16H2. The first-order chi connectivity index (χ1) is 9.76. The van der Waals surface area contributed by atoms with Crippen LogP contribution in [-0.2, 0) is 6.42 Å². The van der Waals surface area contributed by atoms with Crippen molar-refractivity contribution in [2.24, 2.45) is 5.73 Å². The highest BCUT2D eigenvalue weighted by Crippen LogP contribution is 2.30. The molecule has 0 saturated heterocycles. The van der Waals surface area contributed by atoms with Gasteiger partial charge in [-0.1, -0.05) is 17.3 Å². The van der Waals surface area contributed by atoms with Crippen LogP contribution in [0.5, 0.6) is 0 Å². The van der Waals surface area contributed by atoms with Crippen LogP contribution >= 0.6 is 27.3 Å². The quantitative estimate of drug-likeness (QED) is 0.779. The monoisotopic (exact) mass is 349 g/mol. The van der Waals surface area contributed by atoms with E-state index >= 15 is 0 Å². The molecule has 2 N–H and O–H groups in total. The summed E-state index contributed by atoms with van der Waals surface area (Å²) in [5.41, 5.74) is 7.66. The van der Waals surface area contributed by atoms with Gasteiger partial charge in [-0.05, 0) is 58.7 Å². The van der Waals surface area contributed by atoms with E-state index in [4.69, 9.17) is 10.3 Å². The normalized spacial score (nSPS) is 10.9. The smallest absolute Gasteiger partial charge is 0.258 e. The molecule has 0 aliphatic rings. The van der Waals surface area contributed by atoms with Gasteiger partial charge in [-0.15, -0.1) is 11.3 Å². The highest BCUT2D eigenvalue weighted by molar-refractivity contribution is 9.11. The Labute approximate surface area is 128 Å². The van der Waals surface area contributed by atoms with E-state index in [1.54, 1.807) is 11.3 Å². The zero-order chi connectivity index (χ0) is 13.9. The van der Waals surface area contributed by atoms with E-state index in [0.29, 0.717) is 18.3 Å². The summed E-state index contributed by atoms with van der Waals surface area (Å²) in [7, 11) is 0. The Morgan fingerprint density at radius 2 is 1.95 bits per heavy atom. The number of rotatable bonds is 4. The van der Waals surface area contributed by atoms with E-state index in [0.717, 1.165) is 20.6 Å². The average molecular weight is 350 g/mol. The molecule has 0 aliphatic carbocycles. The van der Waals surface area contributed by atoms with Gasteiger partial charge in [0, 0.05) is 5.56 Å². The molecule has 0 fully saturated rings. The minimum Gasteiger partial charge on any atom is -0.334 e. The highest BCUT2D eigenvalue weighted by Gasteiger charge is 2.12. The van der Waals surface area contributed by atoms with E-state index < -0.39 is 0 Å². The van der Waals surface area contributed by atoms with Crippen molar-refractivity contribution in [2.75, 3.05) is 6.54 Å². The zero-order valence-electron chi connectivity index (χ0n) is 10.5. The van der Waals surface area contributed by atoms with Crippen molar-refractivity contribution >= 4 is 27.3 Å². The van der Waals surface area contributed by atoms with E-state index in [1.807, 2.05) is 36.4 Å². The summed E-state index contributed by atoms with van der Waals surface area (Å²) in [6.07, 6.45) is 0.874. The number of thiophene rings is 1. The van der Waals surface area contributed by atoms with Crippen LogP contribution in [-0.4, -0.2) is 16.7 Å². The average Bonchev–Trinajstić information content (AvgIpc) is 3.09. The lowest BCUT2D eigenvalue weighted by Crippen LogP contribution is -2.02. The molecule has 0 unspecified atom stereocenters. The molecular formula is C14H12BrN3OS. The Hall–Kier alpha value is -1.50. The molecule has 0 atom stereocenters. The van der Waals surface area contributed by atoms with Gasteiger partial charge < -0.3 is 10.3 Å². The fourth-order valence-corrected chi connectivity index (χ4v) is 3.17. The van der Waals surface area contributed by atoms with Gasteiger partial charge in [0.25, 0.3) is 5.89 Å². The summed E-state index contributed by atoms with van der Waals surface area (Å²) in [6, 6.07) is 12.0. The maximum atomic E-state index is 5.54. The number of aromatic nitrogens is 2. The molecule has 4 nitrogen and oxygen atoms in total. The molecule has 6 heteroatoms. The van der Waals surface area contributed by atoms with Crippen LogP contribution in [0.4, 0.5) is 0 Å². The van der Waals surface area contributed by atoms with Gasteiger partial charge >= 0.3 is 0 Å². The summed E-state index contributed by atoms with van der Waals surface area (Å²) < 4.78 is 6.37. The molecule has 3 aromatic rings. The van der Waals surface area contributed by atoms with Crippen LogP contribution in [0.15, 0.2) is 44.7 Å². The molecule has 0 radical (unpaired) electrons. The van der Waals surface area contributed by atoms with Crippen LogP contribution in [0, 0.1) is 0 Å². The first-order valence-corrected chi connectivity index (χ1v) is 7.76. The van der Waals surface area contributed by atoms with Gasteiger partial charge in [-0.2, -0.15) is 4.98 Å². The number of benzene rings is 1. The topological polar surface area (TPSA) is 64.9 Å². The van der Waals surface area contributed by atoms with Crippen molar-refractivity contribution in [1.82, 2.24) is 10.1 Å². The highest BCUT2D eigenvalue weighted by atomic mass is 79.9. The lowest BCUT2D eigenvalue weighted by Gasteiger charge is -1.98. The van der Waals surface area contributed by atoms with Crippen LogP contribution in [0.25, 0.3) is 22.2 Å². The van der Waals surface area contributed by atoms with Gasteiger partial charge in [0.15, 0.2) is 0 Å². The fourth-order valence-electron chi connectivity index (χ4n) is 1.86. The van der Waals surface area contributed by atoms with Crippen molar-refractivity contribution < 1.29 is 4.52 Å². The summed E-state index contributed by atoms with van der Waals surface area (Å²) in [6.45, 7) is 0.650. The van der Waals surface area contributed by atoms with Crippen LogP contribution in [0.2, 0.25) is 0 Å². The molecule has 102 valence electrons. The van der Waals surface area contributed by atoms with Gasteiger partial charge in [0.05, 0.1) is 8.66 Å². The van der Waals surface area contributed by atoms with E-state index in [-0.39, 0.29) is 0 Å². The third-order valence-electron chi connectivity index (χ3n) is 2.85. The van der Waals surface area contributed by atoms with Gasteiger partial charge in [-0.25, -0.2) is 0 Å². The third kappa shape index (κ3) is 2.82. The van der Waals surface area contributed by atoms with Gasteiger partial charge in [0.2, 0.25) is 5.82 Å². The molecule has 1 aromatic carbocycles. The number of hydrogen-bond acceptors (Lipinski definition) is 5. The number of hydrogen-bond donors (Lipinski definition) is 1. The second-order valence-electron chi connectivity index (χ2n) is 4.26. The van der Waals surface area contributed by atoms with Crippen molar-refractivity contribution in [1.29, 1.82) is 0 Å². The predicted octanol–water partition coefficient (Wildman–Crippen LogP) is 3.73. The molecule has 0 spiro atoms.